The Morgan fingerprint density at radius 2 is 2.08 bits per heavy atom. The van der Waals surface area contributed by atoms with Crippen molar-refractivity contribution in [2.24, 2.45) is 0 Å². The summed E-state index contributed by atoms with van der Waals surface area (Å²) in [7, 11) is 0. The lowest BCUT2D eigenvalue weighted by molar-refractivity contribution is 0.0438. The molecular weight excluding hydrogens is 304 g/mol. The number of ether oxygens (including phenoxy) is 1. The molecule has 1 aliphatic carbocycles. The van der Waals surface area contributed by atoms with Crippen LogP contribution >= 0.6 is 0 Å². The van der Waals surface area contributed by atoms with Gasteiger partial charge in [0.05, 0.1) is 24.9 Å². The van der Waals surface area contributed by atoms with Crippen molar-refractivity contribution in [1.82, 2.24) is 20.2 Å². The molecule has 1 aromatic carbocycles. The topological polar surface area (TPSA) is 70.2 Å². The van der Waals surface area contributed by atoms with E-state index in [1.165, 1.54) is 19.3 Å². The monoisotopic (exact) mass is 328 g/mol. The molecule has 0 atom stereocenters. The van der Waals surface area contributed by atoms with Crippen LogP contribution in [0.4, 0.5) is 4.79 Å². The van der Waals surface area contributed by atoms with Crippen LogP contribution in [0, 0.1) is 6.92 Å². The molecule has 2 aromatic rings. The third kappa shape index (κ3) is 3.05. The fourth-order valence-electron chi connectivity index (χ4n) is 3.62. The van der Waals surface area contributed by atoms with Gasteiger partial charge >= 0.3 is 6.03 Å². The van der Waals surface area contributed by atoms with Gasteiger partial charge in [0.1, 0.15) is 17.4 Å². The molecular formula is C18H24N4O2. The lowest BCUT2D eigenvalue weighted by atomic mass is 9.95. The first-order chi connectivity index (χ1) is 11.7. The van der Waals surface area contributed by atoms with Gasteiger partial charge in [-0.05, 0) is 37.5 Å². The van der Waals surface area contributed by atoms with Crippen LogP contribution in [0.15, 0.2) is 18.5 Å². The van der Waals surface area contributed by atoms with Gasteiger partial charge in [-0.3, -0.25) is 0 Å². The van der Waals surface area contributed by atoms with E-state index in [9.17, 15) is 4.79 Å². The zero-order valence-electron chi connectivity index (χ0n) is 14.0. The molecule has 1 saturated heterocycles. The normalized spacial score (nSPS) is 19.3. The molecule has 2 amide bonds. The summed E-state index contributed by atoms with van der Waals surface area (Å²) in [6, 6.07) is 4.47. The van der Waals surface area contributed by atoms with E-state index in [0.717, 1.165) is 35.2 Å². The van der Waals surface area contributed by atoms with Crippen LogP contribution in [0.5, 0.6) is 5.75 Å². The summed E-state index contributed by atoms with van der Waals surface area (Å²) in [6.07, 6.45) is 7.70. The number of urea groups is 1. The van der Waals surface area contributed by atoms with E-state index in [1.54, 1.807) is 6.33 Å². The second kappa shape index (κ2) is 6.34. The fourth-order valence-corrected chi connectivity index (χ4v) is 3.62. The largest absolute Gasteiger partial charge is 0.484 e. The van der Waals surface area contributed by atoms with E-state index < -0.39 is 0 Å². The van der Waals surface area contributed by atoms with Crippen molar-refractivity contribution in [2.45, 2.75) is 51.2 Å². The van der Waals surface area contributed by atoms with Crippen molar-refractivity contribution in [3.05, 3.63) is 24.0 Å². The zero-order valence-corrected chi connectivity index (χ0v) is 14.0. The minimum atomic E-state index is 0.0452. The molecule has 24 heavy (non-hydrogen) atoms. The second-order valence-electron chi connectivity index (χ2n) is 6.99. The quantitative estimate of drug-likeness (QED) is 0.910. The van der Waals surface area contributed by atoms with Crippen molar-refractivity contribution < 1.29 is 9.53 Å². The van der Waals surface area contributed by atoms with Gasteiger partial charge in [0.2, 0.25) is 0 Å². The Morgan fingerprint density at radius 1 is 1.29 bits per heavy atom. The number of likely N-dealkylation sites (tertiary alicyclic amines) is 1. The van der Waals surface area contributed by atoms with Gasteiger partial charge in [-0.15, -0.1) is 0 Å². The van der Waals surface area contributed by atoms with Gasteiger partial charge in [-0.25, -0.2) is 9.78 Å². The third-order valence-corrected chi connectivity index (χ3v) is 4.99. The van der Waals surface area contributed by atoms with Gasteiger partial charge in [0.15, 0.2) is 0 Å². The van der Waals surface area contributed by atoms with Crippen LogP contribution in [0.25, 0.3) is 11.0 Å². The smallest absolute Gasteiger partial charge is 0.317 e. The minimum Gasteiger partial charge on any atom is -0.484 e. The Kier molecular flexibility index (Phi) is 4.04. The Bertz CT molecular complexity index is 730. The van der Waals surface area contributed by atoms with Crippen LogP contribution in [-0.2, 0) is 0 Å². The number of hydrogen-bond donors (Lipinski definition) is 2. The number of nitrogens with one attached hydrogen (secondary N) is 2. The number of nitrogens with zero attached hydrogens (tertiary/aromatic N) is 2. The highest BCUT2D eigenvalue weighted by molar-refractivity contribution is 5.82. The maximum Gasteiger partial charge on any atom is 0.317 e. The molecule has 0 spiro atoms. The highest BCUT2D eigenvalue weighted by Gasteiger charge is 2.33. The van der Waals surface area contributed by atoms with E-state index >= 15 is 0 Å². The van der Waals surface area contributed by atoms with E-state index in [2.05, 4.69) is 21.4 Å². The first-order valence-electron chi connectivity index (χ1n) is 8.85. The summed E-state index contributed by atoms with van der Waals surface area (Å²) >= 11 is 0. The average molecular weight is 328 g/mol. The molecule has 0 unspecified atom stereocenters. The number of rotatable bonds is 3. The standard InChI is InChI=1S/C18H24N4O2/c1-12-7-15-17(20-11-19-15)16(8-12)24-14-9-22(10-14)18(23)21-13-5-3-2-4-6-13/h7-8,11,13-14H,2-6,9-10H2,1H3,(H,19,20)(H,21,23). The predicted octanol–water partition coefficient (Wildman–Crippen LogP) is 2.98. The maximum absolute atomic E-state index is 12.3. The third-order valence-electron chi connectivity index (χ3n) is 4.99. The van der Waals surface area contributed by atoms with Crippen molar-refractivity contribution >= 4 is 17.1 Å². The SMILES string of the molecule is Cc1cc(OC2CN(C(=O)NC3CCCCC3)C2)c2nc[nH]c2c1. The number of carbonyl (C=O) groups is 1. The van der Waals surface area contributed by atoms with E-state index in [-0.39, 0.29) is 12.1 Å². The molecule has 2 heterocycles. The van der Waals surface area contributed by atoms with Gasteiger partial charge < -0.3 is 19.9 Å². The summed E-state index contributed by atoms with van der Waals surface area (Å²) in [6.45, 7) is 3.31. The molecule has 1 saturated carbocycles. The molecule has 2 aliphatic rings. The van der Waals surface area contributed by atoms with Crippen molar-refractivity contribution in [3.63, 3.8) is 0 Å². The maximum atomic E-state index is 12.3. The fraction of sp³-hybridized carbons (Fsp3) is 0.556. The van der Waals surface area contributed by atoms with E-state index in [4.69, 9.17) is 4.74 Å². The van der Waals surface area contributed by atoms with Gasteiger partial charge in [0.25, 0.3) is 0 Å². The van der Waals surface area contributed by atoms with Crippen LogP contribution < -0.4 is 10.1 Å². The molecule has 2 fully saturated rings. The molecule has 2 N–H and O–H groups in total. The van der Waals surface area contributed by atoms with Crippen molar-refractivity contribution in [2.75, 3.05) is 13.1 Å². The zero-order chi connectivity index (χ0) is 16.5. The van der Waals surface area contributed by atoms with Crippen LogP contribution in [0.1, 0.15) is 37.7 Å². The van der Waals surface area contributed by atoms with Crippen molar-refractivity contribution in [3.8, 4) is 5.75 Å². The molecule has 4 rings (SSSR count). The van der Waals surface area contributed by atoms with Gasteiger partial charge in [-0.1, -0.05) is 19.3 Å². The Balaban J connectivity index is 1.32. The Morgan fingerprint density at radius 3 is 2.88 bits per heavy atom. The molecule has 1 aromatic heterocycles. The first kappa shape index (κ1) is 15.3. The number of hydrogen-bond acceptors (Lipinski definition) is 3. The van der Waals surface area contributed by atoms with Gasteiger partial charge in [0, 0.05) is 6.04 Å². The average Bonchev–Trinajstić information content (AvgIpc) is 2.99. The molecule has 6 nitrogen and oxygen atoms in total. The van der Waals surface area contributed by atoms with Crippen LogP contribution in [-0.4, -0.2) is 46.1 Å². The predicted molar refractivity (Wildman–Crippen MR) is 92.2 cm³/mol. The minimum absolute atomic E-state index is 0.0452. The van der Waals surface area contributed by atoms with Crippen LogP contribution in [0.3, 0.4) is 0 Å². The molecule has 6 heteroatoms. The number of fused-ring (bicyclic) bond motifs is 1. The number of aromatic amines is 1. The summed E-state index contributed by atoms with van der Waals surface area (Å²) in [5.41, 5.74) is 2.97. The summed E-state index contributed by atoms with van der Waals surface area (Å²) < 4.78 is 6.07. The number of amides is 2. The van der Waals surface area contributed by atoms with Crippen molar-refractivity contribution in [1.29, 1.82) is 0 Å². The molecule has 0 bridgehead atoms. The van der Waals surface area contributed by atoms with E-state index in [1.807, 2.05) is 17.9 Å². The van der Waals surface area contributed by atoms with E-state index in [0.29, 0.717) is 19.1 Å². The molecule has 1 aliphatic heterocycles. The Labute approximate surface area is 141 Å². The number of carbonyl (C=O) groups excluding carboxylic acids is 1. The highest BCUT2D eigenvalue weighted by Crippen LogP contribution is 2.27. The number of aryl methyl sites for hydroxylation is 1. The number of H-pyrrole nitrogens is 1. The summed E-state index contributed by atoms with van der Waals surface area (Å²) in [5, 5.41) is 3.15. The number of benzene rings is 1. The lowest BCUT2D eigenvalue weighted by Gasteiger charge is -2.40. The summed E-state index contributed by atoms with van der Waals surface area (Å²) in [4.78, 5) is 21.5. The van der Waals surface area contributed by atoms with Gasteiger partial charge in [-0.2, -0.15) is 0 Å². The number of aromatic nitrogens is 2. The highest BCUT2D eigenvalue weighted by atomic mass is 16.5. The first-order valence-corrected chi connectivity index (χ1v) is 8.85. The Hall–Kier alpha value is -2.24. The second-order valence-corrected chi connectivity index (χ2v) is 6.99. The number of imidazole rings is 1. The summed E-state index contributed by atoms with van der Waals surface area (Å²) in [5.74, 6) is 0.795. The van der Waals surface area contributed by atoms with Crippen LogP contribution in [0.2, 0.25) is 0 Å². The molecule has 0 radical (unpaired) electrons. The lowest BCUT2D eigenvalue weighted by Crippen LogP contribution is -2.60. The molecule has 128 valence electrons.